The van der Waals surface area contributed by atoms with Crippen molar-refractivity contribution < 1.29 is 9.53 Å². The molecule has 5 rings (SSSR count). The molecule has 4 aromatic rings. The van der Waals surface area contributed by atoms with Crippen LogP contribution in [-0.4, -0.2) is 49.1 Å². The average molecular weight is 444 g/mol. The van der Waals surface area contributed by atoms with Crippen LogP contribution in [0.1, 0.15) is 9.67 Å². The Bertz CT molecular complexity index is 1210. The van der Waals surface area contributed by atoms with Crippen LogP contribution < -0.4 is 9.64 Å². The Morgan fingerprint density at radius 2 is 1.86 bits per heavy atom. The van der Waals surface area contributed by atoms with Gasteiger partial charge in [0.2, 0.25) is 0 Å². The number of methoxy groups -OCH3 is 1. The number of hydrogen-bond donors (Lipinski definition) is 0. The van der Waals surface area contributed by atoms with E-state index in [1.165, 1.54) is 11.3 Å². The monoisotopic (exact) mass is 443 g/mol. The van der Waals surface area contributed by atoms with E-state index < -0.39 is 0 Å². The molecule has 0 atom stereocenters. The number of aromatic nitrogens is 1. The minimum atomic E-state index is 0.0184. The largest absolute Gasteiger partial charge is 0.497 e. The number of nitrogens with zero attached hydrogens (tertiary/aromatic N) is 3. The molecular formula is C21H18ClN3O2S2. The fourth-order valence-electron chi connectivity index (χ4n) is 3.55. The Morgan fingerprint density at radius 3 is 2.62 bits per heavy atom. The second-order valence-electron chi connectivity index (χ2n) is 6.85. The molecule has 0 bridgehead atoms. The van der Waals surface area contributed by atoms with Gasteiger partial charge in [0.25, 0.3) is 5.91 Å². The van der Waals surface area contributed by atoms with E-state index in [-0.39, 0.29) is 5.91 Å². The van der Waals surface area contributed by atoms with Crippen LogP contribution in [0.2, 0.25) is 5.02 Å². The van der Waals surface area contributed by atoms with Crippen LogP contribution in [0.5, 0.6) is 5.75 Å². The SMILES string of the molecule is COc1ccc2nc(N3CCN(C(=O)c4sc5ccccc5c4Cl)CC3)sc2c1. The molecule has 8 heteroatoms. The zero-order valence-corrected chi connectivity index (χ0v) is 18.1. The van der Waals surface area contributed by atoms with Gasteiger partial charge in [-0.25, -0.2) is 4.98 Å². The molecule has 2 aromatic carbocycles. The average Bonchev–Trinajstić information content (AvgIpc) is 3.34. The fourth-order valence-corrected chi connectivity index (χ4v) is 6.08. The Kier molecular flexibility index (Phi) is 4.81. The smallest absolute Gasteiger partial charge is 0.265 e. The molecule has 0 spiro atoms. The molecule has 2 aromatic heterocycles. The normalized spacial score (nSPS) is 14.7. The van der Waals surface area contributed by atoms with Crippen molar-refractivity contribution in [1.29, 1.82) is 0 Å². The van der Waals surface area contributed by atoms with Crippen molar-refractivity contribution in [2.45, 2.75) is 0 Å². The van der Waals surface area contributed by atoms with E-state index in [1.807, 2.05) is 47.4 Å². The Balaban J connectivity index is 1.32. The van der Waals surface area contributed by atoms with Crippen molar-refractivity contribution in [3.05, 3.63) is 52.4 Å². The summed E-state index contributed by atoms with van der Waals surface area (Å²) in [5.74, 6) is 0.855. The molecule has 1 fully saturated rings. The van der Waals surface area contributed by atoms with Crippen LogP contribution in [0.4, 0.5) is 5.13 Å². The van der Waals surface area contributed by atoms with E-state index in [9.17, 15) is 4.79 Å². The second kappa shape index (κ2) is 7.48. The molecule has 0 N–H and O–H groups in total. The highest BCUT2D eigenvalue weighted by Crippen LogP contribution is 2.36. The lowest BCUT2D eigenvalue weighted by molar-refractivity contribution is 0.0752. The molecule has 1 amide bonds. The minimum Gasteiger partial charge on any atom is -0.497 e. The van der Waals surface area contributed by atoms with Crippen molar-refractivity contribution in [2.75, 3.05) is 38.2 Å². The van der Waals surface area contributed by atoms with Gasteiger partial charge in [-0.15, -0.1) is 11.3 Å². The number of fused-ring (bicyclic) bond motifs is 2. The number of thiophene rings is 1. The maximum atomic E-state index is 13.1. The summed E-state index contributed by atoms with van der Waals surface area (Å²) in [7, 11) is 1.67. The zero-order valence-electron chi connectivity index (χ0n) is 15.7. The Labute approximate surface area is 181 Å². The first kappa shape index (κ1) is 18.7. The number of benzene rings is 2. The van der Waals surface area contributed by atoms with Gasteiger partial charge < -0.3 is 14.5 Å². The Morgan fingerprint density at radius 1 is 1.07 bits per heavy atom. The summed E-state index contributed by atoms with van der Waals surface area (Å²) in [5.41, 5.74) is 0.973. The minimum absolute atomic E-state index is 0.0184. The van der Waals surface area contributed by atoms with Gasteiger partial charge >= 0.3 is 0 Å². The fraction of sp³-hybridized carbons (Fsp3) is 0.238. The molecule has 0 radical (unpaired) electrons. The van der Waals surface area contributed by atoms with E-state index in [1.54, 1.807) is 18.4 Å². The van der Waals surface area contributed by atoms with Gasteiger partial charge in [0.05, 0.1) is 22.3 Å². The third kappa shape index (κ3) is 3.33. The predicted octanol–water partition coefficient (Wildman–Crippen LogP) is 5.14. The summed E-state index contributed by atoms with van der Waals surface area (Å²) < 4.78 is 7.45. The van der Waals surface area contributed by atoms with Crippen molar-refractivity contribution in [2.24, 2.45) is 0 Å². The van der Waals surface area contributed by atoms with Gasteiger partial charge in [0, 0.05) is 36.3 Å². The molecular weight excluding hydrogens is 426 g/mol. The number of piperazine rings is 1. The summed E-state index contributed by atoms with van der Waals surface area (Å²) in [6.45, 7) is 2.82. The number of rotatable bonds is 3. The van der Waals surface area contributed by atoms with E-state index in [0.717, 1.165) is 44.3 Å². The number of carbonyl (C=O) groups is 1. The quantitative estimate of drug-likeness (QED) is 0.440. The van der Waals surface area contributed by atoms with Crippen LogP contribution in [0.15, 0.2) is 42.5 Å². The highest BCUT2D eigenvalue weighted by molar-refractivity contribution is 7.22. The first-order valence-corrected chi connectivity index (χ1v) is 11.3. The van der Waals surface area contributed by atoms with Crippen LogP contribution in [0.25, 0.3) is 20.3 Å². The standard InChI is InChI=1S/C21H18ClN3O2S2/c1-27-13-6-7-15-17(12-13)29-21(23-15)25-10-8-24(9-11-25)20(26)19-18(22)14-4-2-3-5-16(14)28-19/h2-7,12H,8-11H2,1H3. The molecule has 29 heavy (non-hydrogen) atoms. The summed E-state index contributed by atoms with van der Waals surface area (Å²) in [4.78, 5) is 22.6. The number of carbonyl (C=O) groups excluding carboxylic acids is 1. The van der Waals surface area contributed by atoms with Gasteiger partial charge in [-0.1, -0.05) is 41.1 Å². The van der Waals surface area contributed by atoms with E-state index in [2.05, 4.69) is 4.90 Å². The van der Waals surface area contributed by atoms with Gasteiger partial charge in [-0.2, -0.15) is 0 Å². The highest BCUT2D eigenvalue weighted by atomic mass is 35.5. The van der Waals surface area contributed by atoms with Crippen LogP contribution in [0.3, 0.4) is 0 Å². The van der Waals surface area contributed by atoms with Gasteiger partial charge in [-0.3, -0.25) is 4.79 Å². The maximum absolute atomic E-state index is 13.1. The number of anilines is 1. The molecule has 0 saturated carbocycles. The summed E-state index contributed by atoms with van der Waals surface area (Å²) in [5, 5.41) is 2.50. The molecule has 148 valence electrons. The zero-order chi connectivity index (χ0) is 20.0. The third-order valence-electron chi connectivity index (χ3n) is 5.15. The third-order valence-corrected chi connectivity index (χ3v) is 7.89. The van der Waals surface area contributed by atoms with Crippen molar-refractivity contribution >= 4 is 65.6 Å². The molecule has 1 aliphatic heterocycles. The predicted molar refractivity (Wildman–Crippen MR) is 121 cm³/mol. The van der Waals surface area contributed by atoms with Crippen molar-refractivity contribution in [3.63, 3.8) is 0 Å². The number of thiazole rings is 1. The molecule has 0 aliphatic carbocycles. The summed E-state index contributed by atoms with van der Waals surface area (Å²) in [6, 6.07) is 13.8. The second-order valence-corrected chi connectivity index (χ2v) is 9.29. The van der Waals surface area contributed by atoms with Gasteiger partial charge in [0.1, 0.15) is 10.6 Å². The van der Waals surface area contributed by atoms with Crippen LogP contribution >= 0.6 is 34.3 Å². The molecule has 1 saturated heterocycles. The van der Waals surface area contributed by atoms with Crippen molar-refractivity contribution in [3.8, 4) is 5.75 Å². The molecule has 3 heterocycles. The van der Waals surface area contributed by atoms with Gasteiger partial charge in [-0.05, 0) is 24.3 Å². The number of ether oxygens (including phenoxy) is 1. The summed E-state index contributed by atoms with van der Waals surface area (Å²) >= 11 is 9.63. The lowest BCUT2D eigenvalue weighted by Gasteiger charge is -2.34. The molecule has 5 nitrogen and oxygen atoms in total. The van der Waals surface area contributed by atoms with E-state index in [0.29, 0.717) is 23.0 Å². The summed E-state index contributed by atoms with van der Waals surface area (Å²) in [6.07, 6.45) is 0. The van der Waals surface area contributed by atoms with E-state index >= 15 is 0 Å². The molecule has 1 aliphatic rings. The van der Waals surface area contributed by atoms with Gasteiger partial charge in [0.15, 0.2) is 5.13 Å². The number of hydrogen-bond acceptors (Lipinski definition) is 6. The lowest BCUT2D eigenvalue weighted by atomic mass is 10.2. The number of halogens is 1. The topological polar surface area (TPSA) is 45.7 Å². The Hall–Kier alpha value is -2.35. The van der Waals surface area contributed by atoms with Crippen LogP contribution in [-0.2, 0) is 0 Å². The molecule has 0 unspecified atom stereocenters. The lowest BCUT2D eigenvalue weighted by Crippen LogP contribution is -2.48. The highest BCUT2D eigenvalue weighted by Gasteiger charge is 2.27. The number of amides is 1. The van der Waals surface area contributed by atoms with Crippen LogP contribution in [0, 0.1) is 0 Å². The first-order chi connectivity index (χ1) is 14.1. The maximum Gasteiger partial charge on any atom is 0.265 e. The first-order valence-electron chi connectivity index (χ1n) is 9.30. The van der Waals surface area contributed by atoms with Crippen molar-refractivity contribution in [1.82, 2.24) is 9.88 Å². The van der Waals surface area contributed by atoms with E-state index in [4.69, 9.17) is 21.3 Å².